The van der Waals surface area contributed by atoms with Crippen molar-refractivity contribution in [2.45, 2.75) is 6.92 Å². The highest BCUT2D eigenvalue weighted by molar-refractivity contribution is 6.04. The second-order valence-electron chi connectivity index (χ2n) is 4.90. The molecule has 0 saturated heterocycles. The van der Waals surface area contributed by atoms with E-state index in [-0.39, 0.29) is 17.2 Å². The van der Waals surface area contributed by atoms with E-state index in [0.29, 0.717) is 22.2 Å². The van der Waals surface area contributed by atoms with E-state index in [0.717, 1.165) is 0 Å². The highest BCUT2D eigenvalue weighted by Gasteiger charge is 2.19. The highest BCUT2D eigenvalue weighted by atomic mass is 16.6. The SMILES string of the molecule is Cc1ccnc(Nc2ccc3[nH]nc(C(N)=O)c3c2)c1[N+](=O)[O-]. The molecule has 0 atom stereocenters. The van der Waals surface area contributed by atoms with Crippen molar-refractivity contribution < 1.29 is 9.72 Å². The number of aromatic nitrogens is 3. The molecule has 116 valence electrons. The number of primary amides is 1. The normalized spacial score (nSPS) is 10.7. The minimum absolute atomic E-state index is 0.102. The lowest BCUT2D eigenvalue weighted by Gasteiger charge is -2.07. The summed E-state index contributed by atoms with van der Waals surface area (Å²) in [5.74, 6) is -0.536. The number of aromatic amines is 1. The van der Waals surface area contributed by atoms with Crippen molar-refractivity contribution in [2.24, 2.45) is 5.73 Å². The molecule has 3 rings (SSSR count). The predicted octanol–water partition coefficient (Wildman–Crippen LogP) is 2.02. The number of aryl methyl sites for hydroxylation is 1. The average molecular weight is 312 g/mol. The van der Waals surface area contributed by atoms with Crippen LogP contribution < -0.4 is 11.1 Å². The van der Waals surface area contributed by atoms with Crippen molar-refractivity contribution >= 4 is 34.0 Å². The van der Waals surface area contributed by atoms with Crippen LogP contribution in [-0.2, 0) is 0 Å². The minimum atomic E-state index is -0.659. The second kappa shape index (κ2) is 5.37. The molecule has 0 unspecified atom stereocenters. The van der Waals surface area contributed by atoms with Gasteiger partial charge in [0.05, 0.1) is 10.4 Å². The molecule has 0 aliphatic carbocycles. The maximum absolute atomic E-state index is 11.4. The lowest BCUT2D eigenvalue weighted by molar-refractivity contribution is -0.384. The zero-order chi connectivity index (χ0) is 16.6. The Morgan fingerprint density at radius 3 is 2.87 bits per heavy atom. The van der Waals surface area contributed by atoms with Crippen molar-refractivity contribution in [3.63, 3.8) is 0 Å². The molecule has 9 heteroatoms. The first kappa shape index (κ1) is 14.4. The Morgan fingerprint density at radius 2 is 2.17 bits per heavy atom. The molecule has 1 aromatic carbocycles. The van der Waals surface area contributed by atoms with Crippen LogP contribution in [0.5, 0.6) is 0 Å². The van der Waals surface area contributed by atoms with Gasteiger partial charge in [-0.2, -0.15) is 5.10 Å². The molecule has 0 bridgehead atoms. The molecule has 1 amide bonds. The Labute approximate surface area is 129 Å². The molecular formula is C14H12N6O3. The number of anilines is 2. The lowest BCUT2D eigenvalue weighted by Crippen LogP contribution is -2.11. The summed E-state index contributed by atoms with van der Waals surface area (Å²) in [5, 5.41) is 21.2. The summed E-state index contributed by atoms with van der Waals surface area (Å²) >= 11 is 0. The minimum Gasteiger partial charge on any atom is -0.364 e. The van der Waals surface area contributed by atoms with Crippen LogP contribution in [0.3, 0.4) is 0 Å². The number of carbonyl (C=O) groups excluding carboxylic acids is 1. The number of carbonyl (C=O) groups is 1. The zero-order valence-electron chi connectivity index (χ0n) is 12.0. The van der Waals surface area contributed by atoms with E-state index in [2.05, 4.69) is 20.5 Å². The van der Waals surface area contributed by atoms with Crippen molar-refractivity contribution in [1.29, 1.82) is 0 Å². The number of rotatable bonds is 4. The van der Waals surface area contributed by atoms with E-state index < -0.39 is 10.8 Å². The van der Waals surface area contributed by atoms with Crippen LogP contribution in [-0.4, -0.2) is 26.0 Å². The van der Waals surface area contributed by atoms with E-state index >= 15 is 0 Å². The molecule has 9 nitrogen and oxygen atoms in total. The Morgan fingerprint density at radius 1 is 1.39 bits per heavy atom. The number of benzene rings is 1. The first-order valence-corrected chi connectivity index (χ1v) is 6.62. The largest absolute Gasteiger partial charge is 0.364 e. The number of fused-ring (bicyclic) bond motifs is 1. The van der Waals surface area contributed by atoms with Gasteiger partial charge >= 0.3 is 5.69 Å². The Balaban J connectivity index is 2.06. The molecule has 0 saturated carbocycles. The van der Waals surface area contributed by atoms with Gasteiger partial charge in [0.1, 0.15) is 0 Å². The summed E-state index contributed by atoms with van der Waals surface area (Å²) in [4.78, 5) is 26.1. The van der Waals surface area contributed by atoms with Crippen molar-refractivity contribution in [1.82, 2.24) is 15.2 Å². The molecule has 0 fully saturated rings. The van der Waals surface area contributed by atoms with Gasteiger partial charge in [-0.05, 0) is 31.2 Å². The molecule has 23 heavy (non-hydrogen) atoms. The summed E-state index contributed by atoms with van der Waals surface area (Å²) in [6.07, 6.45) is 1.48. The summed E-state index contributed by atoms with van der Waals surface area (Å²) < 4.78 is 0. The van der Waals surface area contributed by atoms with Crippen LogP contribution in [0.1, 0.15) is 16.1 Å². The third-order valence-electron chi connectivity index (χ3n) is 3.37. The van der Waals surface area contributed by atoms with Crippen LogP contribution in [0.25, 0.3) is 10.9 Å². The smallest absolute Gasteiger partial charge is 0.314 e. The first-order chi connectivity index (χ1) is 11.0. The second-order valence-corrected chi connectivity index (χ2v) is 4.90. The summed E-state index contributed by atoms with van der Waals surface area (Å²) in [6, 6.07) is 6.58. The number of nitrogens with zero attached hydrogens (tertiary/aromatic N) is 3. The molecule has 0 spiro atoms. The molecule has 4 N–H and O–H groups in total. The monoisotopic (exact) mass is 312 g/mol. The number of nitrogens with two attached hydrogens (primary N) is 1. The number of nitro groups is 1. The molecule has 2 heterocycles. The van der Waals surface area contributed by atoms with Crippen LogP contribution in [0.4, 0.5) is 17.2 Å². The quantitative estimate of drug-likeness (QED) is 0.497. The summed E-state index contributed by atoms with van der Waals surface area (Å²) in [5.41, 5.74) is 6.93. The third-order valence-corrected chi connectivity index (χ3v) is 3.37. The van der Waals surface area contributed by atoms with Crippen molar-refractivity contribution in [3.05, 3.63) is 51.8 Å². The number of H-pyrrole nitrogens is 1. The molecule has 2 aromatic heterocycles. The van der Waals surface area contributed by atoms with Crippen LogP contribution in [0.2, 0.25) is 0 Å². The Hall–Kier alpha value is -3.49. The fraction of sp³-hybridized carbons (Fsp3) is 0.0714. The van der Waals surface area contributed by atoms with E-state index in [9.17, 15) is 14.9 Å². The maximum atomic E-state index is 11.4. The Bertz CT molecular complexity index is 933. The van der Waals surface area contributed by atoms with Gasteiger partial charge < -0.3 is 11.1 Å². The summed E-state index contributed by atoms with van der Waals surface area (Å²) in [7, 11) is 0. The van der Waals surface area contributed by atoms with E-state index in [1.807, 2.05) is 0 Å². The summed E-state index contributed by atoms with van der Waals surface area (Å²) in [6.45, 7) is 1.63. The van der Waals surface area contributed by atoms with E-state index in [1.54, 1.807) is 31.2 Å². The van der Waals surface area contributed by atoms with E-state index in [4.69, 9.17) is 5.73 Å². The topological polar surface area (TPSA) is 140 Å². The molecule has 0 radical (unpaired) electrons. The molecule has 0 aliphatic rings. The van der Waals surface area contributed by atoms with Gasteiger partial charge in [0.2, 0.25) is 5.82 Å². The van der Waals surface area contributed by atoms with Crippen LogP contribution in [0, 0.1) is 17.0 Å². The fourth-order valence-electron chi connectivity index (χ4n) is 2.29. The van der Waals surface area contributed by atoms with Gasteiger partial charge in [0, 0.05) is 22.8 Å². The molecular weight excluding hydrogens is 300 g/mol. The standard InChI is InChI=1S/C14H12N6O3/c1-7-4-5-16-14(12(7)20(22)23)17-8-2-3-10-9(6-8)11(13(15)21)19-18-10/h2-6H,1H3,(H2,15,21)(H,16,17)(H,18,19). The van der Waals surface area contributed by atoms with Gasteiger partial charge in [0.15, 0.2) is 5.69 Å². The van der Waals surface area contributed by atoms with Gasteiger partial charge in [-0.15, -0.1) is 0 Å². The molecule has 0 aliphatic heterocycles. The highest BCUT2D eigenvalue weighted by Crippen LogP contribution is 2.29. The maximum Gasteiger partial charge on any atom is 0.314 e. The molecule has 3 aromatic rings. The average Bonchev–Trinajstić information content (AvgIpc) is 2.90. The first-order valence-electron chi connectivity index (χ1n) is 6.62. The Kier molecular flexibility index (Phi) is 3.37. The van der Waals surface area contributed by atoms with Gasteiger partial charge in [0.25, 0.3) is 5.91 Å². The van der Waals surface area contributed by atoms with Gasteiger partial charge in [-0.3, -0.25) is 20.0 Å². The number of nitrogens with one attached hydrogen (secondary N) is 2. The van der Waals surface area contributed by atoms with Crippen LogP contribution >= 0.6 is 0 Å². The van der Waals surface area contributed by atoms with Crippen molar-refractivity contribution in [3.8, 4) is 0 Å². The van der Waals surface area contributed by atoms with Gasteiger partial charge in [-0.25, -0.2) is 4.98 Å². The fourth-order valence-corrected chi connectivity index (χ4v) is 2.29. The van der Waals surface area contributed by atoms with Crippen molar-refractivity contribution in [2.75, 3.05) is 5.32 Å². The number of hydrogen-bond acceptors (Lipinski definition) is 6. The third kappa shape index (κ3) is 2.55. The van der Waals surface area contributed by atoms with Crippen LogP contribution in [0.15, 0.2) is 30.5 Å². The number of hydrogen-bond donors (Lipinski definition) is 3. The van der Waals surface area contributed by atoms with E-state index in [1.165, 1.54) is 6.20 Å². The predicted molar refractivity (Wildman–Crippen MR) is 83.5 cm³/mol. The number of amides is 1. The lowest BCUT2D eigenvalue weighted by atomic mass is 10.1. The zero-order valence-corrected chi connectivity index (χ0v) is 12.0. The van der Waals surface area contributed by atoms with Gasteiger partial charge in [-0.1, -0.05) is 0 Å². The number of pyridine rings is 1.